The maximum Gasteiger partial charge on any atom is 0.189 e. The molecule has 0 saturated carbocycles. The van der Waals surface area contributed by atoms with Crippen molar-refractivity contribution in [3.05, 3.63) is 29.7 Å². The smallest absolute Gasteiger partial charge is 0.189 e. The van der Waals surface area contributed by atoms with Gasteiger partial charge in [0.2, 0.25) is 0 Å². The molecule has 0 fully saturated rings. The molecule has 2 heterocycles. The van der Waals surface area contributed by atoms with Crippen LogP contribution in [0.2, 0.25) is 0 Å². The summed E-state index contributed by atoms with van der Waals surface area (Å²) in [5.41, 5.74) is 0.464. The molecule has 1 N–H and O–H groups in total. The number of thiazole rings is 1. The Morgan fingerprint density at radius 2 is 2.33 bits per heavy atom. The molecule has 0 aliphatic rings. The molecular formula is C9H8N4OS. The van der Waals surface area contributed by atoms with Crippen LogP contribution in [0.25, 0.3) is 0 Å². The molecule has 2 aromatic heterocycles. The summed E-state index contributed by atoms with van der Waals surface area (Å²) in [7, 11) is 0. The number of carbonyl (C=O) groups excluding carboxylic acids is 1. The van der Waals surface area contributed by atoms with Crippen molar-refractivity contribution in [1.29, 1.82) is 0 Å². The highest BCUT2D eigenvalue weighted by Gasteiger charge is 2.05. The Kier molecular flexibility index (Phi) is 2.68. The number of nitrogens with one attached hydrogen (secondary N) is 1. The molecule has 6 heteroatoms. The van der Waals surface area contributed by atoms with Crippen molar-refractivity contribution >= 4 is 28.1 Å². The van der Waals surface area contributed by atoms with Crippen LogP contribution in [0.4, 0.5) is 10.9 Å². The second-order valence-electron chi connectivity index (χ2n) is 2.81. The van der Waals surface area contributed by atoms with Gasteiger partial charge in [0.1, 0.15) is 5.69 Å². The topological polar surface area (TPSA) is 67.8 Å². The fraction of sp³-hybridized carbons (Fsp3) is 0.111. The number of hydrogen-bond acceptors (Lipinski definition) is 6. The van der Waals surface area contributed by atoms with Crippen molar-refractivity contribution in [2.45, 2.75) is 6.92 Å². The van der Waals surface area contributed by atoms with Crippen molar-refractivity contribution < 1.29 is 4.79 Å². The molecule has 0 unspecified atom stereocenters. The van der Waals surface area contributed by atoms with Gasteiger partial charge in [0.05, 0.1) is 6.20 Å². The number of carbonyl (C=O) groups is 1. The zero-order valence-corrected chi connectivity index (χ0v) is 8.78. The van der Waals surface area contributed by atoms with E-state index in [9.17, 15) is 4.79 Å². The number of anilines is 2. The van der Waals surface area contributed by atoms with E-state index >= 15 is 0 Å². The van der Waals surface area contributed by atoms with Crippen molar-refractivity contribution in [1.82, 2.24) is 15.0 Å². The first-order chi connectivity index (χ1) is 7.25. The zero-order chi connectivity index (χ0) is 10.7. The van der Waals surface area contributed by atoms with E-state index in [-0.39, 0.29) is 5.78 Å². The van der Waals surface area contributed by atoms with Crippen LogP contribution in [0.5, 0.6) is 0 Å². The highest BCUT2D eigenvalue weighted by atomic mass is 32.1. The zero-order valence-electron chi connectivity index (χ0n) is 7.97. The van der Waals surface area contributed by atoms with Gasteiger partial charge in [-0.15, -0.1) is 11.3 Å². The summed E-state index contributed by atoms with van der Waals surface area (Å²) < 4.78 is 0. The minimum atomic E-state index is -0.0431. The maximum absolute atomic E-state index is 11.0. The van der Waals surface area contributed by atoms with Crippen LogP contribution in [0.15, 0.2) is 24.0 Å². The predicted molar refractivity (Wildman–Crippen MR) is 57.4 cm³/mol. The van der Waals surface area contributed by atoms with Crippen LogP contribution < -0.4 is 5.32 Å². The Morgan fingerprint density at radius 3 is 2.93 bits per heavy atom. The lowest BCUT2D eigenvalue weighted by molar-refractivity contribution is 0.101. The Balaban J connectivity index is 2.15. The second-order valence-corrected chi connectivity index (χ2v) is 3.67. The highest BCUT2D eigenvalue weighted by Crippen LogP contribution is 2.18. The van der Waals surface area contributed by atoms with Gasteiger partial charge < -0.3 is 5.32 Å². The number of nitrogens with zero attached hydrogens (tertiary/aromatic N) is 3. The van der Waals surface area contributed by atoms with Gasteiger partial charge in [-0.25, -0.2) is 9.97 Å². The summed E-state index contributed by atoms with van der Waals surface area (Å²) in [4.78, 5) is 23.0. The Hall–Kier alpha value is -1.82. The number of hydrogen-bond donors (Lipinski definition) is 1. The second kappa shape index (κ2) is 4.14. The lowest BCUT2D eigenvalue weighted by Gasteiger charge is -1.98. The van der Waals surface area contributed by atoms with Gasteiger partial charge in [-0.05, 0) is 0 Å². The molecule has 0 bridgehead atoms. The standard InChI is InChI=1S/C9H8N4OS/c1-6(14)7-5-15-9(12-7)13-8-4-10-2-3-11-8/h2-5H,1H3,(H,11,12,13). The monoisotopic (exact) mass is 220 g/mol. The molecule has 15 heavy (non-hydrogen) atoms. The molecule has 0 amide bonds. The minimum absolute atomic E-state index is 0.0431. The van der Waals surface area contributed by atoms with E-state index in [2.05, 4.69) is 20.3 Å². The Bertz CT molecular complexity index is 468. The minimum Gasteiger partial charge on any atom is -0.315 e. The quantitative estimate of drug-likeness (QED) is 0.800. The molecule has 0 aliphatic heterocycles. The third-order valence-corrected chi connectivity index (χ3v) is 2.42. The van der Waals surface area contributed by atoms with Crippen LogP contribution in [-0.2, 0) is 0 Å². The third-order valence-electron chi connectivity index (χ3n) is 1.66. The predicted octanol–water partition coefficient (Wildman–Crippen LogP) is 1.88. The lowest BCUT2D eigenvalue weighted by Crippen LogP contribution is -1.95. The van der Waals surface area contributed by atoms with E-state index in [1.165, 1.54) is 18.3 Å². The third kappa shape index (κ3) is 2.35. The van der Waals surface area contributed by atoms with Crippen LogP contribution in [0.3, 0.4) is 0 Å². The first-order valence-corrected chi connectivity index (χ1v) is 5.13. The molecule has 2 rings (SSSR count). The Morgan fingerprint density at radius 1 is 1.47 bits per heavy atom. The first kappa shape index (κ1) is 9.72. The van der Waals surface area contributed by atoms with E-state index in [1.807, 2.05) is 0 Å². The summed E-state index contributed by atoms with van der Waals surface area (Å²) in [6, 6.07) is 0. The highest BCUT2D eigenvalue weighted by molar-refractivity contribution is 7.14. The normalized spacial score (nSPS) is 9.93. The van der Waals surface area contributed by atoms with E-state index in [0.29, 0.717) is 16.6 Å². The van der Waals surface area contributed by atoms with Crippen LogP contribution in [0, 0.1) is 0 Å². The number of Topliss-reactive ketones (excluding diaryl/α,β-unsaturated/α-hetero) is 1. The Labute approximate surface area is 90.2 Å². The van der Waals surface area contributed by atoms with Crippen molar-refractivity contribution in [3.8, 4) is 0 Å². The molecule has 0 spiro atoms. The van der Waals surface area contributed by atoms with Crippen LogP contribution in [-0.4, -0.2) is 20.7 Å². The molecule has 2 aromatic rings. The first-order valence-electron chi connectivity index (χ1n) is 4.25. The van der Waals surface area contributed by atoms with Crippen molar-refractivity contribution in [2.24, 2.45) is 0 Å². The molecule has 0 aromatic carbocycles. The number of aromatic nitrogens is 3. The fourth-order valence-corrected chi connectivity index (χ4v) is 1.72. The molecule has 0 radical (unpaired) electrons. The van der Waals surface area contributed by atoms with Gasteiger partial charge in [-0.3, -0.25) is 9.78 Å². The van der Waals surface area contributed by atoms with Crippen LogP contribution in [0.1, 0.15) is 17.4 Å². The SMILES string of the molecule is CC(=O)c1csc(Nc2cnccn2)n1. The summed E-state index contributed by atoms with van der Waals surface area (Å²) in [5.74, 6) is 0.570. The van der Waals surface area contributed by atoms with Gasteiger partial charge in [-0.2, -0.15) is 0 Å². The van der Waals surface area contributed by atoms with E-state index in [4.69, 9.17) is 0 Å². The van der Waals surface area contributed by atoms with E-state index < -0.39 is 0 Å². The molecule has 0 aliphatic carbocycles. The van der Waals surface area contributed by atoms with Crippen LogP contribution >= 0.6 is 11.3 Å². The van der Waals surface area contributed by atoms with E-state index in [1.54, 1.807) is 24.0 Å². The largest absolute Gasteiger partial charge is 0.315 e. The lowest BCUT2D eigenvalue weighted by atomic mass is 10.4. The van der Waals surface area contributed by atoms with Gasteiger partial charge >= 0.3 is 0 Å². The molecule has 0 saturated heterocycles. The van der Waals surface area contributed by atoms with Crippen molar-refractivity contribution in [2.75, 3.05) is 5.32 Å². The molecular weight excluding hydrogens is 212 g/mol. The summed E-state index contributed by atoms with van der Waals surface area (Å²) in [6.45, 7) is 1.49. The van der Waals surface area contributed by atoms with Crippen molar-refractivity contribution in [3.63, 3.8) is 0 Å². The average molecular weight is 220 g/mol. The van der Waals surface area contributed by atoms with E-state index in [0.717, 1.165) is 0 Å². The van der Waals surface area contributed by atoms with Gasteiger partial charge in [0, 0.05) is 24.7 Å². The van der Waals surface area contributed by atoms with Gasteiger partial charge in [0.25, 0.3) is 0 Å². The average Bonchev–Trinajstić information content (AvgIpc) is 2.68. The molecule has 5 nitrogen and oxygen atoms in total. The summed E-state index contributed by atoms with van der Waals surface area (Å²) in [5, 5.41) is 5.31. The molecule has 0 atom stereocenters. The fourth-order valence-electron chi connectivity index (χ4n) is 0.966. The summed E-state index contributed by atoms with van der Waals surface area (Å²) in [6.07, 6.45) is 4.77. The number of rotatable bonds is 3. The maximum atomic E-state index is 11.0. The van der Waals surface area contributed by atoms with Gasteiger partial charge in [-0.1, -0.05) is 0 Å². The number of ketones is 1. The summed E-state index contributed by atoms with van der Waals surface area (Å²) >= 11 is 1.36. The van der Waals surface area contributed by atoms with Gasteiger partial charge in [0.15, 0.2) is 16.7 Å². The molecule has 76 valence electrons.